The highest BCUT2D eigenvalue weighted by Gasteiger charge is 2.21. The molecular formula is C16H22FN3O. The van der Waals surface area contributed by atoms with Gasteiger partial charge < -0.3 is 10.1 Å². The maximum absolute atomic E-state index is 14.3. The summed E-state index contributed by atoms with van der Waals surface area (Å²) in [6.45, 7) is 2.90. The van der Waals surface area contributed by atoms with E-state index >= 15 is 0 Å². The molecule has 1 heterocycles. The fourth-order valence-corrected chi connectivity index (χ4v) is 2.41. The van der Waals surface area contributed by atoms with E-state index in [9.17, 15) is 4.39 Å². The zero-order chi connectivity index (χ0) is 15.2. The summed E-state index contributed by atoms with van der Waals surface area (Å²) in [6, 6.07) is 6.72. The third kappa shape index (κ3) is 3.82. The number of benzene rings is 1. The molecule has 4 nitrogen and oxygen atoms in total. The molecule has 0 aliphatic heterocycles. The number of hydrogen-bond acceptors (Lipinski definition) is 3. The Balaban J connectivity index is 2.31. The van der Waals surface area contributed by atoms with Crippen LogP contribution in [0.1, 0.15) is 30.6 Å². The van der Waals surface area contributed by atoms with E-state index in [1.165, 1.54) is 6.07 Å². The van der Waals surface area contributed by atoms with E-state index in [2.05, 4.69) is 17.3 Å². The zero-order valence-corrected chi connectivity index (χ0v) is 12.8. The Hall–Kier alpha value is -1.88. The molecule has 0 aliphatic rings. The quantitative estimate of drug-likeness (QED) is 0.852. The maximum Gasteiger partial charge on any atom is 0.131 e. The van der Waals surface area contributed by atoms with Gasteiger partial charge in [0.15, 0.2) is 0 Å². The van der Waals surface area contributed by atoms with Crippen molar-refractivity contribution in [3.63, 3.8) is 0 Å². The summed E-state index contributed by atoms with van der Waals surface area (Å²) in [4.78, 5) is 0. The van der Waals surface area contributed by atoms with Crippen molar-refractivity contribution in [2.24, 2.45) is 7.05 Å². The summed E-state index contributed by atoms with van der Waals surface area (Å²) in [5.74, 6) is 0.318. The molecule has 2 aromatic rings. The Morgan fingerprint density at radius 3 is 2.81 bits per heavy atom. The number of nitrogens with zero attached hydrogens (tertiary/aromatic N) is 2. The van der Waals surface area contributed by atoms with Gasteiger partial charge in [0.1, 0.15) is 11.6 Å². The average molecular weight is 291 g/mol. The average Bonchev–Trinajstić information content (AvgIpc) is 2.88. The molecule has 1 unspecified atom stereocenters. The minimum absolute atomic E-state index is 0.156. The molecule has 21 heavy (non-hydrogen) atoms. The van der Waals surface area contributed by atoms with E-state index < -0.39 is 0 Å². The molecule has 0 radical (unpaired) electrons. The molecule has 0 fully saturated rings. The van der Waals surface area contributed by atoms with E-state index in [0.29, 0.717) is 17.7 Å². The van der Waals surface area contributed by atoms with Crippen LogP contribution >= 0.6 is 0 Å². The lowest BCUT2D eigenvalue weighted by atomic mass is 10.00. The van der Waals surface area contributed by atoms with Gasteiger partial charge in [-0.15, -0.1) is 0 Å². The molecule has 1 aromatic carbocycles. The van der Waals surface area contributed by atoms with Crippen molar-refractivity contribution in [1.29, 1.82) is 0 Å². The Kier molecular flexibility index (Phi) is 5.33. The van der Waals surface area contributed by atoms with Gasteiger partial charge in [-0.3, -0.25) is 4.68 Å². The van der Waals surface area contributed by atoms with Crippen LogP contribution in [-0.4, -0.2) is 23.4 Å². The summed E-state index contributed by atoms with van der Waals surface area (Å²) >= 11 is 0. The number of aryl methyl sites for hydroxylation is 1. The molecule has 0 amide bonds. The number of hydrogen-bond donors (Lipinski definition) is 1. The Labute approximate surface area is 124 Å². The van der Waals surface area contributed by atoms with Crippen LogP contribution in [0.3, 0.4) is 0 Å². The van der Waals surface area contributed by atoms with Crippen molar-refractivity contribution in [2.45, 2.75) is 25.8 Å². The van der Waals surface area contributed by atoms with Gasteiger partial charge in [-0.2, -0.15) is 5.10 Å². The number of halogens is 1. The lowest BCUT2D eigenvalue weighted by molar-refractivity contribution is 0.388. The van der Waals surface area contributed by atoms with Gasteiger partial charge in [0.25, 0.3) is 0 Å². The van der Waals surface area contributed by atoms with E-state index in [1.54, 1.807) is 23.9 Å². The van der Waals surface area contributed by atoms with Crippen molar-refractivity contribution in [2.75, 3.05) is 13.7 Å². The Bertz CT molecular complexity index is 583. The second-order valence-corrected chi connectivity index (χ2v) is 5.05. The summed E-state index contributed by atoms with van der Waals surface area (Å²) < 4.78 is 21.4. The molecule has 0 bridgehead atoms. The van der Waals surface area contributed by atoms with Gasteiger partial charge in [0.05, 0.1) is 12.8 Å². The summed E-state index contributed by atoms with van der Waals surface area (Å²) in [5, 5.41) is 7.77. The van der Waals surface area contributed by atoms with E-state index in [4.69, 9.17) is 4.74 Å². The first kappa shape index (κ1) is 15.5. The third-order valence-corrected chi connectivity index (χ3v) is 3.40. The maximum atomic E-state index is 14.3. The van der Waals surface area contributed by atoms with Crippen LogP contribution in [0.2, 0.25) is 0 Å². The molecule has 5 heteroatoms. The molecule has 1 atom stereocenters. The lowest BCUT2D eigenvalue weighted by Crippen LogP contribution is -2.25. The molecule has 0 aliphatic carbocycles. The highest BCUT2D eigenvalue weighted by atomic mass is 19.1. The zero-order valence-electron chi connectivity index (χ0n) is 12.8. The van der Waals surface area contributed by atoms with Crippen LogP contribution in [0.15, 0.2) is 30.5 Å². The Morgan fingerprint density at radius 1 is 1.38 bits per heavy atom. The largest absolute Gasteiger partial charge is 0.496 e. The third-order valence-electron chi connectivity index (χ3n) is 3.40. The minimum Gasteiger partial charge on any atom is -0.496 e. The van der Waals surface area contributed by atoms with Crippen LogP contribution in [-0.2, 0) is 13.5 Å². The first-order valence-corrected chi connectivity index (χ1v) is 7.20. The fourth-order valence-electron chi connectivity index (χ4n) is 2.41. The van der Waals surface area contributed by atoms with Crippen LogP contribution in [0.4, 0.5) is 4.39 Å². The molecule has 0 saturated carbocycles. The van der Waals surface area contributed by atoms with Gasteiger partial charge in [-0.1, -0.05) is 13.0 Å². The van der Waals surface area contributed by atoms with Crippen molar-refractivity contribution < 1.29 is 9.13 Å². The van der Waals surface area contributed by atoms with Crippen molar-refractivity contribution in [3.8, 4) is 5.75 Å². The van der Waals surface area contributed by atoms with Crippen LogP contribution in [0.5, 0.6) is 5.75 Å². The first-order chi connectivity index (χ1) is 10.2. The molecule has 114 valence electrons. The topological polar surface area (TPSA) is 39.1 Å². The minimum atomic E-state index is -0.251. The number of aromatic nitrogens is 2. The molecular weight excluding hydrogens is 269 g/mol. The van der Waals surface area contributed by atoms with Crippen molar-refractivity contribution in [3.05, 3.63) is 47.5 Å². The van der Waals surface area contributed by atoms with Crippen LogP contribution in [0.25, 0.3) is 0 Å². The normalized spacial score (nSPS) is 12.4. The standard InChI is InChI=1S/C16H22FN3O/c1-4-9-18-14(11-12-8-10-20(2)19-12)16-13(17)6-5-7-15(16)21-3/h5-8,10,14,18H,4,9,11H2,1-3H3. The van der Waals surface area contributed by atoms with Crippen LogP contribution < -0.4 is 10.1 Å². The fraction of sp³-hybridized carbons (Fsp3) is 0.438. The van der Waals surface area contributed by atoms with E-state index in [1.807, 2.05) is 19.3 Å². The number of nitrogens with one attached hydrogen (secondary N) is 1. The Morgan fingerprint density at radius 2 is 2.19 bits per heavy atom. The first-order valence-electron chi connectivity index (χ1n) is 7.20. The number of rotatable bonds is 7. The van der Waals surface area contributed by atoms with Crippen molar-refractivity contribution in [1.82, 2.24) is 15.1 Å². The monoisotopic (exact) mass is 291 g/mol. The van der Waals surface area contributed by atoms with Gasteiger partial charge in [-0.05, 0) is 31.2 Å². The van der Waals surface area contributed by atoms with E-state index in [0.717, 1.165) is 18.7 Å². The predicted molar refractivity (Wildman–Crippen MR) is 80.9 cm³/mol. The molecule has 0 saturated heterocycles. The SMILES string of the molecule is CCCNC(Cc1ccn(C)n1)c1c(F)cccc1OC. The molecule has 1 N–H and O–H groups in total. The summed E-state index contributed by atoms with van der Waals surface area (Å²) in [7, 11) is 3.44. The number of methoxy groups -OCH3 is 1. The van der Waals surface area contributed by atoms with Crippen LogP contribution in [0, 0.1) is 5.82 Å². The highest BCUT2D eigenvalue weighted by molar-refractivity contribution is 5.38. The summed E-state index contributed by atoms with van der Waals surface area (Å²) in [5.41, 5.74) is 1.50. The highest BCUT2D eigenvalue weighted by Crippen LogP contribution is 2.29. The smallest absolute Gasteiger partial charge is 0.131 e. The predicted octanol–water partition coefficient (Wildman–Crippen LogP) is 2.85. The lowest BCUT2D eigenvalue weighted by Gasteiger charge is -2.21. The summed E-state index contributed by atoms with van der Waals surface area (Å²) in [6.07, 6.45) is 3.50. The van der Waals surface area contributed by atoms with Gasteiger partial charge in [0.2, 0.25) is 0 Å². The van der Waals surface area contributed by atoms with Gasteiger partial charge >= 0.3 is 0 Å². The molecule has 1 aromatic heterocycles. The second-order valence-electron chi connectivity index (χ2n) is 5.05. The number of ether oxygens (including phenoxy) is 1. The van der Waals surface area contributed by atoms with Gasteiger partial charge in [0, 0.05) is 31.3 Å². The molecule has 2 rings (SSSR count). The van der Waals surface area contributed by atoms with Gasteiger partial charge in [-0.25, -0.2) is 4.39 Å². The molecule has 0 spiro atoms. The second kappa shape index (κ2) is 7.22. The van der Waals surface area contributed by atoms with E-state index in [-0.39, 0.29) is 11.9 Å². The van der Waals surface area contributed by atoms with Crippen molar-refractivity contribution >= 4 is 0 Å².